The molecule has 0 unspecified atom stereocenters. The fraction of sp³-hybridized carbons (Fsp3) is 0.500. The first kappa shape index (κ1) is 24.3. The van der Waals surface area contributed by atoms with Gasteiger partial charge in [0.15, 0.2) is 23.1 Å². The van der Waals surface area contributed by atoms with E-state index in [9.17, 15) is 13.6 Å². The Kier molecular flexibility index (Phi) is 7.26. The summed E-state index contributed by atoms with van der Waals surface area (Å²) in [6.45, 7) is 3.69. The zero-order valence-corrected chi connectivity index (χ0v) is 20.0. The molecule has 1 saturated heterocycles. The number of amides is 2. The van der Waals surface area contributed by atoms with E-state index in [0.717, 1.165) is 62.3 Å². The van der Waals surface area contributed by atoms with Crippen molar-refractivity contribution in [2.45, 2.75) is 56.5 Å². The number of methoxy groups -OCH3 is 1. The molecule has 2 fully saturated rings. The van der Waals surface area contributed by atoms with E-state index in [2.05, 4.69) is 41.6 Å². The van der Waals surface area contributed by atoms with Gasteiger partial charge in [0.1, 0.15) is 0 Å². The minimum absolute atomic E-state index is 0.0138. The molecule has 0 bridgehead atoms. The second kappa shape index (κ2) is 10.2. The number of anilines is 1. The Labute approximate surface area is 199 Å². The molecule has 2 aromatic carbocycles. The lowest BCUT2D eigenvalue weighted by Gasteiger charge is -2.45. The van der Waals surface area contributed by atoms with Gasteiger partial charge in [0.05, 0.1) is 13.7 Å². The van der Waals surface area contributed by atoms with Crippen molar-refractivity contribution in [1.29, 1.82) is 0 Å². The minimum Gasteiger partial charge on any atom is -0.493 e. The van der Waals surface area contributed by atoms with Crippen LogP contribution in [0.15, 0.2) is 36.4 Å². The highest BCUT2D eigenvalue weighted by Crippen LogP contribution is 2.49. The van der Waals surface area contributed by atoms with Gasteiger partial charge >= 0.3 is 6.03 Å². The lowest BCUT2D eigenvalue weighted by Crippen LogP contribution is -2.52. The summed E-state index contributed by atoms with van der Waals surface area (Å²) in [5.41, 5.74) is 1.45. The van der Waals surface area contributed by atoms with Crippen LogP contribution < -0.4 is 20.1 Å². The lowest BCUT2D eigenvalue weighted by molar-refractivity contribution is 0.156. The maximum absolute atomic E-state index is 13.5. The van der Waals surface area contributed by atoms with Crippen molar-refractivity contribution in [3.05, 3.63) is 53.6 Å². The second-order valence-corrected chi connectivity index (χ2v) is 9.32. The SMILES string of the molecule is CCCOc1cc([C@@]23CC[C@@H](NC(=O)Nc4ccc(F)c(F)c4)C[C@@H]2N(C)CC3)ccc1OC. The highest BCUT2D eigenvalue weighted by atomic mass is 19.2. The van der Waals surface area contributed by atoms with Crippen LogP contribution in [0.1, 0.15) is 44.6 Å². The Morgan fingerprint density at radius 2 is 1.97 bits per heavy atom. The third-order valence-electron chi connectivity index (χ3n) is 7.24. The summed E-state index contributed by atoms with van der Waals surface area (Å²) in [6, 6.07) is 9.43. The average Bonchev–Trinajstić information content (AvgIpc) is 3.17. The molecule has 2 aliphatic rings. The third kappa shape index (κ3) is 4.82. The fourth-order valence-electron chi connectivity index (χ4n) is 5.49. The molecule has 2 aromatic rings. The number of carbonyl (C=O) groups excluding carboxylic acids is 1. The first-order valence-electron chi connectivity index (χ1n) is 11.9. The number of benzene rings is 2. The minimum atomic E-state index is -0.991. The molecule has 184 valence electrons. The standard InChI is InChI=1S/C26H33F2N3O3/c1-4-13-34-23-14-17(5-8-22(23)33-3)26-10-9-19(16-24(26)31(2)12-11-26)30-25(32)29-18-6-7-20(27)21(28)15-18/h5-8,14-15,19,24H,4,9-13,16H2,1-3H3,(H2,29,30,32)/t19-,24+,26+/m1/s1. The predicted molar refractivity (Wildman–Crippen MR) is 128 cm³/mol. The highest BCUT2D eigenvalue weighted by molar-refractivity contribution is 5.89. The molecule has 6 nitrogen and oxygen atoms in total. The second-order valence-electron chi connectivity index (χ2n) is 9.32. The van der Waals surface area contributed by atoms with Crippen molar-refractivity contribution in [2.24, 2.45) is 0 Å². The van der Waals surface area contributed by atoms with Crippen LogP contribution in [0, 0.1) is 11.6 Å². The summed E-state index contributed by atoms with van der Waals surface area (Å²) in [4.78, 5) is 14.9. The molecule has 34 heavy (non-hydrogen) atoms. The van der Waals surface area contributed by atoms with Gasteiger partial charge in [-0.3, -0.25) is 0 Å². The molecule has 0 aromatic heterocycles. The smallest absolute Gasteiger partial charge is 0.319 e. The van der Waals surface area contributed by atoms with Gasteiger partial charge in [0, 0.05) is 29.3 Å². The van der Waals surface area contributed by atoms with Crippen molar-refractivity contribution in [2.75, 3.05) is 32.6 Å². The quantitative estimate of drug-likeness (QED) is 0.589. The number of likely N-dealkylation sites (N-methyl/N-ethyl adjacent to an activating group) is 1. The van der Waals surface area contributed by atoms with Crippen LogP contribution in [-0.2, 0) is 5.41 Å². The van der Waals surface area contributed by atoms with Crippen molar-refractivity contribution in [1.82, 2.24) is 10.2 Å². The van der Waals surface area contributed by atoms with Crippen LogP contribution in [-0.4, -0.2) is 50.3 Å². The molecule has 4 rings (SSSR count). The van der Waals surface area contributed by atoms with Crippen LogP contribution in [0.4, 0.5) is 19.3 Å². The van der Waals surface area contributed by atoms with E-state index in [-0.39, 0.29) is 23.2 Å². The number of rotatable bonds is 7. The number of hydrogen-bond acceptors (Lipinski definition) is 4. The van der Waals surface area contributed by atoms with Gasteiger partial charge in [-0.15, -0.1) is 0 Å². The Bertz CT molecular complexity index is 1030. The first-order valence-corrected chi connectivity index (χ1v) is 11.9. The van der Waals surface area contributed by atoms with Gasteiger partial charge in [-0.1, -0.05) is 13.0 Å². The van der Waals surface area contributed by atoms with Gasteiger partial charge in [0.25, 0.3) is 0 Å². The van der Waals surface area contributed by atoms with Crippen molar-refractivity contribution in [3.63, 3.8) is 0 Å². The largest absolute Gasteiger partial charge is 0.493 e. The number of ether oxygens (including phenoxy) is 2. The summed E-state index contributed by atoms with van der Waals surface area (Å²) < 4.78 is 38.1. The fourth-order valence-corrected chi connectivity index (χ4v) is 5.49. The van der Waals surface area contributed by atoms with E-state index in [0.29, 0.717) is 6.61 Å². The molecule has 0 radical (unpaired) electrons. The number of nitrogens with zero attached hydrogens (tertiary/aromatic N) is 1. The number of carbonyl (C=O) groups is 1. The molecule has 8 heteroatoms. The van der Waals surface area contributed by atoms with E-state index >= 15 is 0 Å². The van der Waals surface area contributed by atoms with E-state index < -0.39 is 17.7 Å². The van der Waals surface area contributed by atoms with Crippen LogP contribution in [0.25, 0.3) is 0 Å². The predicted octanol–water partition coefficient (Wildman–Crippen LogP) is 5.08. The van der Waals surface area contributed by atoms with Gasteiger partial charge in [-0.2, -0.15) is 0 Å². The number of fused-ring (bicyclic) bond motifs is 1. The zero-order chi connectivity index (χ0) is 24.3. The van der Waals surface area contributed by atoms with E-state index in [1.54, 1.807) is 7.11 Å². The Hall–Kier alpha value is -2.87. The van der Waals surface area contributed by atoms with E-state index in [1.165, 1.54) is 11.6 Å². The number of hydrogen-bond donors (Lipinski definition) is 2. The Balaban J connectivity index is 1.48. The molecule has 1 heterocycles. The summed E-state index contributed by atoms with van der Waals surface area (Å²) in [5.74, 6) is -0.424. The zero-order valence-electron chi connectivity index (χ0n) is 20.0. The molecular formula is C26H33F2N3O3. The Morgan fingerprint density at radius 3 is 2.71 bits per heavy atom. The molecule has 1 aliphatic carbocycles. The maximum atomic E-state index is 13.5. The molecule has 2 amide bonds. The summed E-state index contributed by atoms with van der Waals surface area (Å²) in [6.07, 6.45) is 4.52. The molecule has 3 atom stereocenters. The summed E-state index contributed by atoms with van der Waals surface area (Å²) >= 11 is 0. The first-order chi connectivity index (χ1) is 16.4. The summed E-state index contributed by atoms with van der Waals surface area (Å²) in [5, 5.41) is 5.63. The Morgan fingerprint density at radius 1 is 1.15 bits per heavy atom. The highest BCUT2D eigenvalue weighted by Gasteiger charge is 2.50. The van der Waals surface area contributed by atoms with E-state index in [4.69, 9.17) is 9.47 Å². The van der Waals surface area contributed by atoms with Gasteiger partial charge in [-0.25, -0.2) is 13.6 Å². The number of urea groups is 1. The van der Waals surface area contributed by atoms with Gasteiger partial charge in [0.2, 0.25) is 0 Å². The number of nitrogens with one attached hydrogen (secondary N) is 2. The maximum Gasteiger partial charge on any atom is 0.319 e. The summed E-state index contributed by atoms with van der Waals surface area (Å²) in [7, 11) is 3.79. The van der Waals surface area contributed by atoms with Gasteiger partial charge < -0.3 is 25.0 Å². The van der Waals surface area contributed by atoms with Crippen LogP contribution in [0.2, 0.25) is 0 Å². The topological polar surface area (TPSA) is 62.8 Å². The normalized spacial score (nSPS) is 24.4. The molecule has 1 saturated carbocycles. The molecule has 0 spiro atoms. The van der Waals surface area contributed by atoms with Crippen molar-refractivity contribution < 1.29 is 23.0 Å². The van der Waals surface area contributed by atoms with Crippen LogP contribution >= 0.6 is 0 Å². The average molecular weight is 474 g/mol. The van der Waals surface area contributed by atoms with Crippen molar-refractivity contribution >= 4 is 11.7 Å². The van der Waals surface area contributed by atoms with E-state index in [1.807, 2.05) is 6.07 Å². The molecular weight excluding hydrogens is 440 g/mol. The van der Waals surface area contributed by atoms with Crippen molar-refractivity contribution in [3.8, 4) is 11.5 Å². The number of halogens is 2. The van der Waals surface area contributed by atoms with Crippen LogP contribution in [0.5, 0.6) is 11.5 Å². The monoisotopic (exact) mass is 473 g/mol. The third-order valence-corrected chi connectivity index (χ3v) is 7.24. The molecule has 1 aliphatic heterocycles. The van der Waals surface area contributed by atoms with Crippen LogP contribution in [0.3, 0.4) is 0 Å². The molecule has 2 N–H and O–H groups in total. The van der Waals surface area contributed by atoms with Gasteiger partial charge in [-0.05, 0) is 75.5 Å². The lowest BCUT2D eigenvalue weighted by atomic mass is 9.65. The number of likely N-dealkylation sites (tertiary alicyclic amines) is 1.